The highest BCUT2D eigenvalue weighted by atomic mass is 19.2. The summed E-state index contributed by atoms with van der Waals surface area (Å²) in [6, 6.07) is 8.94. The van der Waals surface area contributed by atoms with E-state index >= 15 is 0 Å². The molecule has 0 fully saturated rings. The second-order valence-corrected chi connectivity index (χ2v) is 6.20. The summed E-state index contributed by atoms with van der Waals surface area (Å²) in [5.41, 5.74) is 13.3. The molecule has 1 heterocycles. The summed E-state index contributed by atoms with van der Waals surface area (Å²) < 4.78 is 29.8. The summed E-state index contributed by atoms with van der Waals surface area (Å²) in [7, 11) is 0. The minimum atomic E-state index is -1.04. The lowest BCUT2D eigenvalue weighted by Crippen LogP contribution is -2.08. The summed E-state index contributed by atoms with van der Waals surface area (Å²) >= 11 is 0. The number of benzene rings is 2. The SMILES string of the molecule is CC(C)n1c(N)nc2ccc(/C(=C\C(N)=O)c3cccc(F)c3F)cc21. The average Bonchev–Trinajstić information content (AvgIpc) is 2.90. The zero-order chi connectivity index (χ0) is 19.0. The van der Waals surface area contributed by atoms with E-state index in [0.717, 1.165) is 17.7 Å². The van der Waals surface area contributed by atoms with Gasteiger partial charge in [-0.3, -0.25) is 4.79 Å². The zero-order valence-corrected chi connectivity index (χ0v) is 14.3. The smallest absolute Gasteiger partial charge is 0.242 e. The molecule has 0 atom stereocenters. The number of nitrogens with two attached hydrogens (primary N) is 2. The fraction of sp³-hybridized carbons (Fsp3) is 0.158. The number of imidazole rings is 1. The zero-order valence-electron chi connectivity index (χ0n) is 14.3. The first-order chi connectivity index (χ1) is 12.3. The third-order valence-electron chi connectivity index (χ3n) is 4.07. The molecule has 7 heteroatoms. The van der Waals surface area contributed by atoms with Gasteiger partial charge in [-0.2, -0.15) is 0 Å². The Labute approximate surface area is 148 Å². The Morgan fingerprint density at radius 2 is 1.96 bits per heavy atom. The Hall–Kier alpha value is -3.22. The fourth-order valence-electron chi connectivity index (χ4n) is 2.99. The molecule has 0 radical (unpaired) electrons. The second-order valence-electron chi connectivity index (χ2n) is 6.20. The quantitative estimate of drug-likeness (QED) is 0.703. The predicted octanol–water partition coefficient (Wildman–Crippen LogP) is 3.39. The van der Waals surface area contributed by atoms with Crippen LogP contribution in [0.2, 0.25) is 0 Å². The lowest BCUT2D eigenvalue weighted by Gasteiger charge is -2.13. The molecule has 0 unspecified atom stereocenters. The number of nitrogens with zero attached hydrogens (tertiary/aromatic N) is 2. The largest absolute Gasteiger partial charge is 0.369 e. The van der Waals surface area contributed by atoms with Crippen molar-refractivity contribution in [2.45, 2.75) is 19.9 Å². The number of fused-ring (bicyclic) bond motifs is 1. The number of anilines is 1. The van der Waals surface area contributed by atoms with Crippen LogP contribution in [0.1, 0.15) is 31.0 Å². The van der Waals surface area contributed by atoms with Gasteiger partial charge in [0, 0.05) is 17.7 Å². The van der Waals surface area contributed by atoms with Gasteiger partial charge in [-0.05, 0) is 43.2 Å². The molecule has 0 aliphatic carbocycles. The van der Waals surface area contributed by atoms with Gasteiger partial charge in [-0.1, -0.05) is 18.2 Å². The van der Waals surface area contributed by atoms with Crippen molar-refractivity contribution in [1.82, 2.24) is 9.55 Å². The first-order valence-electron chi connectivity index (χ1n) is 8.03. The molecule has 5 nitrogen and oxygen atoms in total. The molecule has 0 aliphatic heterocycles. The van der Waals surface area contributed by atoms with Gasteiger partial charge >= 0.3 is 0 Å². The van der Waals surface area contributed by atoms with Crippen molar-refractivity contribution in [3.63, 3.8) is 0 Å². The highest BCUT2D eigenvalue weighted by Crippen LogP contribution is 2.31. The summed E-state index contributed by atoms with van der Waals surface area (Å²) in [5.74, 6) is -2.46. The van der Waals surface area contributed by atoms with Crippen LogP contribution < -0.4 is 11.5 Å². The minimum Gasteiger partial charge on any atom is -0.369 e. The van der Waals surface area contributed by atoms with Gasteiger partial charge in [-0.15, -0.1) is 0 Å². The van der Waals surface area contributed by atoms with Gasteiger partial charge in [0.15, 0.2) is 11.6 Å². The molecule has 2 aromatic carbocycles. The van der Waals surface area contributed by atoms with E-state index in [1.54, 1.807) is 18.2 Å². The lowest BCUT2D eigenvalue weighted by molar-refractivity contribution is -0.113. The Bertz CT molecular complexity index is 1040. The van der Waals surface area contributed by atoms with Crippen LogP contribution in [-0.4, -0.2) is 15.5 Å². The topological polar surface area (TPSA) is 86.9 Å². The van der Waals surface area contributed by atoms with Crippen molar-refractivity contribution in [3.8, 4) is 0 Å². The predicted molar refractivity (Wildman–Crippen MR) is 97.2 cm³/mol. The molecule has 0 spiro atoms. The van der Waals surface area contributed by atoms with Crippen molar-refractivity contribution in [2.75, 3.05) is 5.73 Å². The van der Waals surface area contributed by atoms with E-state index in [2.05, 4.69) is 4.98 Å². The van der Waals surface area contributed by atoms with Gasteiger partial charge in [0.1, 0.15) is 0 Å². The van der Waals surface area contributed by atoms with Crippen LogP contribution in [0.25, 0.3) is 16.6 Å². The van der Waals surface area contributed by atoms with Gasteiger partial charge in [0.2, 0.25) is 11.9 Å². The van der Waals surface area contributed by atoms with Crippen molar-refractivity contribution >= 4 is 28.5 Å². The number of hydrogen-bond acceptors (Lipinski definition) is 3. The molecule has 0 saturated carbocycles. The highest BCUT2D eigenvalue weighted by Gasteiger charge is 2.17. The minimum absolute atomic E-state index is 0.0460. The van der Waals surface area contributed by atoms with Gasteiger partial charge in [0.25, 0.3) is 0 Å². The Kier molecular flexibility index (Phi) is 4.46. The summed E-state index contributed by atoms with van der Waals surface area (Å²) in [5, 5.41) is 0. The molecular formula is C19H18F2N4O. The van der Waals surface area contributed by atoms with E-state index in [4.69, 9.17) is 11.5 Å². The molecule has 1 aromatic heterocycles. The molecule has 0 bridgehead atoms. The molecule has 1 amide bonds. The number of primary amides is 1. The number of hydrogen-bond donors (Lipinski definition) is 2. The van der Waals surface area contributed by atoms with E-state index in [9.17, 15) is 13.6 Å². The van der Waals surface area contributed by atoms with Crippen LogP contribution in [0.4, 0.5) is 14.7 Å². The third kappa shape index (κ3) is 3.03. The number of aromatic nitrogens is 2. The van der Waals surface area contributed by atoms with Crippen LogP contribution in [0, 0.1) is 11.6 Å². The van der Waals surface area contributed by atoms with E-state index in [1.807, 2.05) is 18.4 Å². The van der Waals surface area contributed by atoms with Gasteiger partial charge in [0.05, 0.1) is 11.0 Å². The normalized spacial score (nSPS) is 12.1. The van der Waals surface area contributed by atoms with Crippen molar-refractivity contribution in [3.05, 3.63) is 65.2 Å². The maximum Gasteiger partial charge on any atom is 0.242 e. The molecule has 4 N–H and O–H groups in total. The number of halogens is 2. The van der Waals surface area contributed by atoms with E-state index < -0.39 is 17.5 Å². The Balaban J connectivity index is 2.27. The van der Waals surface area contributed by atoms with Crippen LogP contribution in [0.15, 0.2) is 42.5 Å². The average molecular weight is 356 g/mol. The Morgan fingerprint density at radius 1 is 1.23 bits per heavy atom. The molecule has 0 aliphatic rings. The number of carbonyl (C=O) groups excluding carboxylic acids is 1. The van der Waals surface area contributed by atoms with Crippen LogP contribution >= 0.6 is 0 Å². The van der Waals surface area contributed by atoms with Crippen molar-refractivity contribution < 1.29 is 13.6 Å². The Morgan fingerprint density at radius 3 is 2.62 bits per heavy atom. The second kappa shape index (κ2) is 6.59. The number of rotatable bonds is 4. The fourth-order valence-corrected chi connectivity index (χ4v) is 2.99. The maximum absolute atomic E-state index is 14.3. The number of carbonyl (C=O) groups is 1. The van der Waals surface area contributed by atoms with E-state index in [0.29, 0.717) is 17.0 Å². The lowest BCUT2D eigenvalue weighted by atomic mass is 9.96. The van der Waals surface area contributed by atoms with Crippen LogP contribution in [0.3, 0.4) is 0 Å². The van der Waals surface area contributed by atoms with Crippen LogP contribution in [-0.2, 0) is 4.79 Å². The molecule has 0 saturated heterocycles. The summed E-state index contributed by atoms with van der Waals surface area (Å²) in [6.45, 7) is 3.91. The van der Waals surface area contributed by atoms with Crippen molar-refractivity contribution in [1.29, 1.82) is 0 Å². The molecular weight excluding hydrogens is 338 g/mol. The summed E-state index contributed by atoms with van der Waals surface area (Å²) in [4.78, 5) is 15.8. The van der Waals surface area contributed by atoms with Crippen LogP contribution in [0.5, 0.6) is 0 Å². The highest BCUT2D eigenvalue weighted by molar-refractivity contribution is 5.99. The molecule has 3 aromatic rings. The van der Waals surface area contributed by atoms with E-state index in [1.165, 1.54) is 12.1 Å². The monoisotopic (exact) mass is 356 g/mol. The van der Waals surface area contributed by atoms with Crippen molar-refractivity contribution in [2.24, 2.45) is 5.73 Å². The molecule has 3 rings (SSSR count). The van der Waals surface area contributed by atoms with Gasteiger partial charge in [-0.25, -0.2) is 13.8 Å². The molecule has 26 heavy (non-hydrogen) atoms. The number of nitrogen functional groups attached to an aromatic ring is 1. The number of amides is 1. The molecule has 134 valence electrons. The summed E-state index contributed by atoms with van der Waals surface area (Å²) in [6.07, 6.45) is 1.08. The van der Waals surface area contributed by atoms with E-state index in [-0.39, 0.29) is 17.2 Å². The van der Waals surface area contributed by atoms with Gasteiger partial charge < -0.3 is 16.0 Å². The standard InChI is InChI=1S/C19H18F2N4O/c1-10(2)25-16-8-11(6-7-15(16)24-19(25)23)13(9-17(22)26)12-4-3-5-14(20)18(12)21/h3-10H,1-2H3,(H2,22,26)(H2,23,24)/b13-9+. The first kappa shape index (κ1) is 17.6. The maximum atomic E-state index is 14.3. The first-order valence-corrected chi connectivity index (χ1v) is 8.03. The third-order valence-corrected chi connectivity index (χ3v) is 4.07.